The van der Waals surface area contributed by atoms with Crippen molar-refractivity contribution in [2.75, 3.05) is 13.7 Å². The van der Waals surface area contributed by atoms with Crippen LogP contribution in [0.25, 0.3) is 11.0 Å². The van der Waals surface area contributed by atoms with Gasteiger partial charge in [0.2, 0.25) is 18.0 Å². The second-order valence-electron chi connectivity index (χ2n) is 8.22. The Balaban J connectivity index is 1.52. The molecule has 0 spiro atoms. The maximum atomic E-state index is 14.1. The van der Waals surface area contributed by atoms with Gasteiger partial charge in [-0.15, -0.1) is 0 Å². The summed E-state index contributed by atoms with van der Waals surface area (Å²) in [7, 11) is 1.48. The van der Waals surface area contributed by atoms with E-state index in [0.717, 1.165) is 0 Å². The third kappa shape index (κ3) is 4.05. The van der Waals surface area contributed by atoms with Gasteiger partial charge in [0.25, 0.3) is 0 Å². The van der Waals surface area contributed by atoms with Crippen LogP contribution in [0.3, 0.4) is 0 Å². The zero-order valence-corrected chi connectivity index (χ0v) is 18.9. The zero-order valence-electron chi connectivity index (χ0n) is 18.9. The van der Waals surface area contributed by atoms with Crippen LogP contribution in [-0.2, 0) is 11.3 Å². The number of hydrogen-bond acceptors (Lipinski definition) is 5. The summed E-state index contributed by atoms with van der Waals surface area (Å²) in [4.78, 5) is 30.9. The van der Waals surface area contributed by atoms with Crippen molar-refractivity contribution < 1.29 is 32.8 Å². The molecule has 5 rings (SSSR count). The number of fused-ring (bicyclic) bond motifs is 1. The molecule has 8 nitrogen and oxygen atoms in total. The van der Waals surface area contributed by atoms with Gasteiger partial charge in [0.1, 0.15) is 18.2 Å². The van der Waals surface area contributed by atoms with Gasteiger partial charge < -0.3 is 19.2 Å². The van der Waals surface area contributed by atoms with Crippen molar-refractivity contribution in [1.29, 1.82) is 0 Å². The van der Waals surface area contributed by atoms with Crippen molar-refractivity contribution in [3.05, 3.63) is 95.7 Å². The first-order valence-electron chi connectivity index (χ1n) is 11.1. The third-order valence-electron chi connectivity index (χ3n) is 6.06. The van der Waals surface area contributed by atoms with E-state index in [-0.39, 0.29) is 17.9 Å². The lowest BCUT2D eigenvalue weighted by molar-refractivity contribution is -0.695. The van der Waals surface area contributed by atoms with Gasteiger partial charge in [0.05, 0.1) is 19.7 Å². The maximum Gasteiger partial charge on any atom is 0.241 e. The summed E-state index contributed by atoms with van der Waals surface area (Å²) in [5, 5.41) is 13.7. The lowest BCUT2D eigenvalue weighted by Crippen LogP contribution is -2.37. The molecule has 35 heavy (non-hydrogen) atoms. The summed E-state index contributed by atoms with van der Waals surface area (Å²) in [6.45, 7) is 0.790. The Bertz CT molecular complexity index is 1440. The molecule has 1 amide bonds. The number of hydrogen-bond donors (Lipinski definition) is 1. The zero-order chi connectivity index (χ0) is 24.5. The van der Waals surface area contributed by atoms with Gasteiger partial charge in [-0.1, -0.05) is 24.3 Å². The van der Waals surface area contributed by atoms with Gasteiger partial charge in [-0.25, -0.2) is 8.96 Å². The molecule has 0 bridgehead atoms. The number of aryl methyl sites for hydroxylation is 1. The molecule has 4 aromatic rings. The van der Waals surface area contributed by atoms with E-state index in [1.165, 1.54) is 36.3 Å². The van der Waals surface area contributed by atoms with E-state index in [1.54, 1.807) is 36.8 Å². The Morgan fingerprint density at radius 2 is 2.09 bits per heavy atom. The monoisotopic (exact) mass is 475 g/mol. The van der Waals surface area contributed by atoms with Gasteiger partial charge in [0.15, 0.2) is 17.1 Å². The molecule has 1 N–H and O–H groups in total. The fourth-order valence-corrected chi connectivity index (χ4v) is 4.45. The van der Waals surface area contributed by atoms with E-state index in [9.17, 15) is 19.1 Å². The van der Waals surface area contributed by atoms with Crippen molar-refractivity contribution in [2.24, 2.45) is 0 Å². The molecule has 0 aliphatic carbocycles. The van der Waals surface area contributed by atoms with Crippen LogP contribution in [0.1, 0.15) is 28.6 Å². The molecule has 1 atom stereocenters. The van der Waals surface area contributed by atoms with Gasteiger partial charge in [-0.05, 0) is 35.6 Å². The highest BCUT2D eigenvalue weighted by molar-refractivity contribution is 6.15. The Kier molecular flexibility index (Phi) is 5.82. The SMILES string of the molecule is COc1cccc2cc(C(=O)C3=C([O-])C(=O)N(CCC[n+]4cc[nH]c4)C3c3cccc(F)c3)oc12. The molecule has 1 unspecified atom stereocenters. The number of nitrogens with zero attached hydrogens (tertiary/aromatic N) is 2. The van der Waals surface area contributed by atoms with Gasteiger partial charge in [-0.2, -0.15) is 0 Å². The van der Waals surface area contributed by atoms with Gasteiger partial charge >= 0.3 is 0 Å². The highest BCUT2D eigenvalue weighted by atomic mass is 19.1. The molecular weight excluding hydrogens is 453 g/mol. The second-order valence-corrected chi connectivity index (χ2v) is 8.22. The molecule has 9 heteroatoms. The minimum absolute atomic E-state index is 0.0909. The van der Waals surface area contributed by atoms with Crippen LogP contribution < -0.4 is 14.4 Å². The number of aromatic amines is 1. The number of ketones is 1. The van der Waals surface area contributed by atoms with Gasteiger partial charge in [-0.3, -0.25) is 14.6 Å². The van der Waals surface area contributed by atoms with E-state index in [4.69, 9.17) is 9.15 Å². The molecule has 2 aromatic carbocycles. The standard InChI is InChI=1S/C26H22FN3O5/c1-34-19-8-3-6-17-14-20(35-25(17)19)23(31)21-22(16-5-2-7-18(27)13-16)30(26(33)24(21)32)11-4-10-29-12-9-28-15-29/h2-3,5-9,12-15,22H,4,10-11H2,1H3,(H,31,32). The summed E-state index contributed by atoms with van der Waals surface area (Å²) < 4.78 is 27.1. The van der Waals surface area contributed by atoms with Crippen LogP contribution in [-0.4, -0.2) is 35.2 Å². The minimum atomic E-state index is -1.02. The number of rotatable bonds is 8. The van der Waals surface area contributed by atoms with Crippen LogP contribution in [0, 0.1) is 5.82 Å². The predicted molar refractivity (Wildman–Crippen MR) is 121 cm³/mol. The summed E-state index contributed by atoms with van der Waals surface area (Å²) >= 11 is 0. The number of ether oxygens (including phenoxy) is 1. The lowest BCUT2D eigenvalue weighted by Gasteiger charge is -2.27. The number of aromatic nitrogens is 2. The topological polar surface area (TPSA) is 102 Å². The van der Waals surface area contributed by atoms with Crippen LogP contribution in [0.5, 0.6) is 5.75 Å². The predicted octanol–water partition coefficient (Wildman–Crippen LogP) is 2.67. The molecule has 1 aliphatic rings. The largest absolute Gasteiger partial charge is 0.868 e. The molecule has 178 valence electrons. The quantitative estimate of drug-likeness (QED) is 0.312. The molecule has 0 radical (unpaired) electrons. The highest BCUT2D eigenvalue weighted by Crippen LogP contribution is 2.39. The molecule has 1 aliphatic heterocycles. The summed E-state index contributed by atoms with van der Waals surface area (Å²) in [5.74, 6) is -2.60. The second kappa shape index (κ2) is 9.09. The smallest absolute Gasteiger partial charge is 0.241 e. The van der Waals surface area contributed by atoms with Crippen LogP contribution >= 0.6 is 0 Å². The summed E-state index contributed by atoms with van der Waals surface area (Å²) in [6.07, 6.45) is 5.92. The van der Waals surface area contributed by atoms with Crippen LogP contribution in [0.15, 0.2) is 83.0 Å². The Hall–Kier alpha value is -4.40. The number of amides is 1. The summed E-state index contributed by atoms with van der Waals surface area (Å²) in [6, 6.07) is 11.3. The van der Waals surface area contributed by atoms with Crippen LogP contribution in [0.4, 0.5) is 4.39 Å². The molecule has 0 saturated carbocycles. The van der Waals surface area contributed by atoms with Crippen molar-refractivity contribution >= 4 is 22.7 Å². The number of benzene rings is 2. The van der Waals surface area contributed by atoms with Crippen molar-refractivity contribution in [3.8, 4) is 5.75 Å². The number of carbonyl (C=O) groups is 2. The number of H-pyrrole nitrogens is 1. The van der Waals surface area contributed by atoms with E-state index in [0.29, 0.717) is 35.2 Å². The number of furan rings is 1. The molecule has 3 heterocycles. The number of carbonyl (C=O) groups excluding carboxylic acids is 2. The van der Waals surface area contributed by atoms with E-state index >= 15 is 0 Å². The fourth-order valence-electron chi connectivity index (χ4n) is 4.45. The molecule has 0 saturated heterocycles. The van der Waals surface area contributed by atoms with Gasteiger partial charge in [0, 0.05) is 23.9 Å². The minimum Gasteiger partial charge on any atom is -0.868 e. The van der Waals surface area contributed by atoms with Crippen molar-refractivity contribution in [1.82, 2.24) is 9.88 Å². The molecule has 0 fully saturated rings. The fraction of sp³-hybridized carbons (Fsp3) is 0.192. The summed E-state index contributed by atoms with van der Waals surface area (Å²) in [5.41, 5.74) is 0.446. The Morgan fingerprint density at radius 1 is 1.26 bits per heavy atom. The number of methoxy groups -OCH3 is 1. The first kappa shape index (κ1) is 22.4. The number of para-hydroxylation sites is 1. The van der Waals surface area contributed by atoms with Crippen molar-refractivity contribution in [2.45, 2.75) is 19.0 Å². The Labute approximate surface area is 199 Å². The number of Topliss-reactive ketones (excluding diaryl/α,β-unsaturated/α-hetero) is 1. The first-order chi connectivity index (χ1) is 17.0. The molecule has 2 aromatic heterocycles. The average Bonchev–Trinajstić information content (AvgIpc) is 3.58. The number of halogens is 1. The third-order valence-corrected chi connectivity index (χ3v) is 6.06. The van der Waals surface area contributed by atoms with E-state index in [1.807, 2.05) is 10.8 Å². The highest BCUT2D eigenvalue weighted by Gasteiger charge is 2.40. The van der Waals surface area contributed by atoms with Crippen LogP contribution in [0.2, 0.25) is 0 Å². The maximum absolute atomic E-state index is 14.1. The normalized spacial score (nSPS) is 15.9. The van der Waals surface area contributed by atoms with E-state index < -0.39 is 29.3 Å². The first-order valence-corrected chi connectivity index (χ1v) is 11.1. The average molecular weight is 475 g/mol. The lowest BCUT2D eigenvalue weighted by atomic mass is 9.95. The molecular formula is C26H22FN3O5. The number of imidazole rings is 1. The number of nitrogens with one attached hydrogen (secondary N) is 1. The van der Waals surface area contributed by atoms with Crippen molar-refractivity contribution in [3.63, 3.8) is 0 Å². The van der Waals surface area contributed by atoms with E-state index in [2.05, 4.69) is 4.98 Å². The Morgan fingerprint density at radius 3 is 2.83 bits per heavy atom.